The van der Waals surface area contributed by atoms with E-state index in [1.54, 1.807) is 14.2 Å². The Morgan fingerprint density at radius 1 is 1.33 bits per heavy atom. The summed E-state index contributed by atoms with van der Waals surface area (Å²) >= 11 is 0. The number of rotatable bonds is 5. The van der Waals surface area contributed by atoms with Crippen molar-refractivity contribution in [3.05, 3.63) is 23.8 Å². The van der Waals surface area contributed by atoms with Gasteiger partial charge in [0, 0.05) is 44.7 Å². The van der Waals surface area contributed by atoms with E-state index in [1.165, 1.54) is 0 Å². The summed E-state index contributed by atoms with van der Waals surface area (Å²) in [6.07, 6.45) is 1.88. The van der Waals surface area contributed by atoms with Crippen molar-refractivity contribution in [2.24, 2.45) is 0 Å². The van der Waals surface area contributed by atoms with Crippen LogP contribution >= 0.6 is 0 Å². The van der Waals surface area contributed by atoms with Crippen molar-refractivity contribution in [1.29, 1.82) is 0 Å². The van der Waals surface area contributed by atoms with Gasteiger partial charge in [0.05, 0.1) is 20.3 Å². The molecule has 5 nitrogen and oxygen atoms in total. The number of hydrogen-bond donors (Lipinski definition) is 1. The van der Waals surface area contributed by atoms with E-state index in [0.717, 1.165) is 49.7 Å². The van der Waals surface area contributed by atoms with Gasteiger partial charge < -0.3 is 24.3 Å². The molecule has 5 heteroatoms. The number of methoxy groups -OCH3 is 2. The molecule has 0 radical (unpaired) electrons. The second kappa shape index (κ2) is 6.22. The molecule has 0 aromatic heterocycles. The Morgan fingerprint density at radius 3 is 2.95 bits per heavy atom. The standard InChI is InChI=1S/C16H23NO4/c1-18-12-3-4-15-13(9-12)14(5-7-21-15)17-10-16(19-2)6-8-20-11-16/h3-4,9,14,17H,5-8,10-11H2,1-2H3. The van der Waals surface area contributed by atoms with Crippen LogP contribution in [0.5, 0.6) is 11.5 Å². The molecular weight excluding hydrogens is 270 g/mol. The highest BCUT2D eigenvalue weighted by Crippen LogP contribution is 2.35. The van der Waals surface area contributed by atoms with E-state index < -0.39 is 0 Å². The van der Waals surface area contributed by atoms with Gasteiger partial charge in [0.15, 0.2) is 0 Å². The number of benzene rings is 1. The lowest BCUT2D eigenvalue weighted by atomic mass is 9.97. The fraction of sp³-hybridized carbons (Fsp3) is 0.625. The summed E-state index contributed by atoms with van der Waals surface area (Å²) in [5.74, 6) is 1.80. The van der Waals surface area contributed by atoms with E-state index in [9.17, 15) is 0 Å². The summed E-state index contributed by atoms with van der Waals surface area (Å²) in [7, 11) is 3.45. The first kappa shape index (κ1) is 14.6. The summed E-state index contributed by atoms with van der Waals surface area (Å²) in [4.78, 5) is 0. The minimum atomic E-state index is -0.197. The highest BCUT2D eigenvalue weighted by atomic mass is 16.5. The third kappa shape index (κ3) is 3.00. The molecule has 21 heavy (non-hydrogen) atoms. The fourth-order valence-electron chi connectivity index (χ4n) is 2.98. The molecule has 1 aromatic rings. The van der Waals surface area contributed by atoms with Crippen LogP contribution in [0.25, 0.3) is 0 Å². The molecule has 1 N–H and O–H groups in total. The molecule has 1 aromatic carbocycles. The van der Waals surface area contributed by atoms with Crippen molar-refractivity contribution < 1.29 is 18.9 Å². The van der Waals surface area contributed by atoms with Crippen LogP contribution in [0.1, 0.15) is 24.4 Å². The topological polar surface area (TPSA) is 49.0 Å². The van der Waals surface area contributed by atoms with Gasteiger partial charge in [0.2, 0.25) is 0 Å². The van der Waals surface area contributed by atoms with Crippen molar-refractivity contribution in [2.75, 3.05) is 40.6 Å². The van der Waals surface area contributed by atoms with Crippen molar-refractivity contribution in [3.8, 4) is 11.5 Å². The zero-order valence-electron chi connectivity index (χ0n) is 12.7. The largest absolute Gasteiger partial charge is 0.497 e. The molecular formula is C16H23NO4. The molecule has 116 valence electrons. The van der Waals surface area contributed by atoms with Crippen molar-refractivity contribution in [3.63, 3.8) is 0 Å². The molecule has 3 rings (SSSR count). The van der Waals surface area contributed by atoms with Gasteiger partial charge >= 0.3 is 0 Å². The predicted molar refractivity (Wildman–Crippen MR) is 79.0 cm³/mol. The number of ether oxygens (including phenoxy) is 4. The van der Waals surface area contributed by atoms with Crippen molar-refractivity contribution in [2.45, 2.75) is 24.5 Å². The first-order valence-corrected chi connectivity index (χ1v) is 7.43. The Morgan fingerprint density at radius 2 is 2.24 bits per heavy atom. The van der Waals surface area contributed by atoms with E-state index in [4.69, 9.17) is 18.9 Å². The lowest BCUT2D eigenvalue weighted by Crippen LogP contribution is -2.44. The van der Waals surface area contributed by atoms with Crippen LogP contribution in [0.3, 0.4) is 0 Å². The summed E-state index contributed by atoms with van der Waals surface area (Å²) in [5.41, 5.74) is 0.961. The van der Waals surface area contributed by atoms with E-state index in [1.807, 2.05) is 12.1 Å². The average molecular weight is 293 g/mol. The molecule has 2 unspecified atom stereocenters. The van der Waals surface area contributed by atoms with Gasteiger partial charge in [-0.15, -0.1) is 0 Å². The Hall–Kier alpha value is -1.30. The summed E-state index contributed by atoms with van der Waals surface area (Å²) < 4.78 is 22.2. The van der Waals surface area contributed by atoms with Gasteiger partial charge in [-0.3, -0.25) is 0 Å². The van der Waals surface area contributed by atoms with Crippen molar-refractivity contribution >= 4 is 0 Å². The summed E-state index contributed by atoms with van der Waals surface area (Å²) in [6, 6.07) is 6.23. The zero-order valence-corrected chi connectivity index (χ0v) is 12.7. The first-order valence-electron chi connectivity index (χ1n) is 7.43. The van der Waals surface area contributed by atoms with E-state index in [2.05, 4.69) is 11.4 Å². The molecule has 0 saturated carbocycles. The molecule has 1 fully saturated rings. The molecule has 2 aliphatic rings. The lowest BCUT2D eigenvalue weighted by Gasteiger charge is -2.32. The zero-order chi connectivity index (χ0) is 14.7. The van der Waals surface area contributed by atoms with Gasteiger partial charge in [0.1, 0.15) is 17.1 Å². The second-order valence-corrected chi connectivity index (χ2v) is 5.66. The van der Waals surface area contributed by atoms with Crippen LogP contribution in [0, 0.1) is 0 Å². The quantitative estimate of drug-likeness (QED) is 0.899. The van der Waals surface area contributed by atoms with Crippen LogP contribution < -0.4 is 14.8 Å². The Bertz CT molecular complexity index is 485. The minimum absolute atomic E-state index is 0.197. The smallest absolute Gasteiger partial charge is 0.124 e. The van der Waals surface area contributed by atoms with E-state index >= 15 is 0 Å². The van der Waals surface area contributed by atoms with Crippen LogP contribution in [-0.2, 0) is 9.47 Å². The number of nitrogens with one attached hydrogen (secondary N) is 1. The highest BCUT2D eigenvalue weighted by molar-refractivity contribution is 5.43. The van der Waals surface area contributed by atoms with Gasteiger partial charge in [-0.2, -0.15) is 0 Å². The van der Waals surface area contributed by atoms with Gasteiger partial charge in [-0.1, -0.05) is 0 Å². The summed E-state index contributed by atoms with van der Waals surface area (Å²) in [6.45, 7) is 2.94. The molecule has 2 heterocycles. The van der Waals surface area contributed by atoms with Gasteiger partial charge in [0.25, 0.3) is 0 Å². The van der Waals surface area contributed by atoms with Crippen LogP contribution in [0.15, 0.2) is 18.2 Å². The van der Waals surface area contributed by atoms with Gasteiger partial charge in [-0.05, 0) is 18.2 Å². The van der Waals surface area contributed by atoms with Crippen LogP contribution in [0.2, 0.25) is 0 Å². The molecule has 2 aliphatic heterocycles. The first-order chi connectivity index (χ1) is 10.3. The maximum Gasteiger partial charge on any atom is 0.124 e. The third-order valence-electron chi connectivity index (χ3n) is 4.43. The minimum Gasteiger partial charge on any atom is -0.497 e. The number of hydrogen-bond acceptors (Lipinski definition) is 5. The van der Waals surface area contributed by atoms with Crippen LogP contribution in [-0.4, -0.2) is 46.2 Å². The molecule has 1 saturated heterocycles. The molecule has 0 spiro atoms. The molecule has 2 atom stereocenters. The molecule has 0 aliphatic carbocycles. The lowest BCUT2D eigenvalue weighted by molar-refractivity contribution is -0.0182. The highest BCUT2D eigenvalue weighted by Gasteiger charge is 2.36. The maximum atomic E-state index is 5.72. The number of fused-ring (bicyclic) bond motifs is 1. The average Bonchev–Trinajstić information content (AvgIpc) is 3.02. The Balaban J connectivity index is 1.72. The Kier molecular flexibility index (Phi) is 4.33. The molecule has 0 amide bonds. The van der Waals surface area contributed by atoms with E-state index in [0.29, 0.717) is 6.61 Å². The fourth-order valence-corrected chi connectivity index (χ4v) is 2.98. The van der Waals surface area contributed by atoms with E-state index in [-0.39, 0.29) is 11.6 Å². The second-order valence-electron chi connectivity index (χ2n) is 5.66. The Labute approximate surface area is 125 Å². The normalized spacial score (nSPS) is 28.0. The maximum absolute atomic E-state index is 5.72. The van der Waals surface area contributed by atoms with Crippen molar-refractivity contribution in [1.82, 2.24) is 5.32 Å². The van der Waals surface area contributed by atoms with Gasteiger partial charge in [-0.25, -0.2) is 0 Å². The predicted octanol–water partition coefficient (Wildman–Crippen LogP) is 1.91. The third-order valence-corrected chi connectivity index (χ3v) is 4.43. The summed E-state index contributed by atoms with van der Waals surface area (Å²) in [5, 5.41) is 3.62. The monoisotopic (exact) mass is 293 g/mol. The SMILES string of the molecule is COc1ccc2c(c1)C(NCC1(OC)CCOC1)CCO2. The molecule has 0 bridgehead atoms. The van der Waals surface area contributed by atoms with Crippen LogP contribution in [0.4, 0.5) is 0 Å².